The number of rotatable bonds is 7. The summed E-state index contributed by atoms with van der Waals surface area (Å²) in [6.45, 7) is 0.799. The lowest BCUT2D eigenvalue weighted by Crippen LogP contribution is -2.29. The fourth-order valence-electron chi connectivity index (χ4n) is 2.36. The van der Waals surface area contributed by atoms with Crippen LogP contribution in [0.2, 0.25) is 10.0 Å². The van der Waals surface area contributed by atoms with Gasteiger partial charge in [0.15, 0.2) is 5.75 Å². The van der Waals surface area contributed by atoms with Gasteiger partial charge in [0.05, 0.1) is 21.7 Å². The molecule has 0 radical (unpaired) electrons. The van der Waals surface area contributed by atoms with E-state index in [0.717, 1.165) is 0 Å². The minimum atomic E-state index is -1.19. The van der Waals surface area contributed by atoms with Crippen LogP contribution >= 0.6 is 23.2 Å². The number of carboxylic acids is 1. The molecule has 0 unspecified atom stereocenters. The van der Waals surface area contributed by atoms with Gasteiger partial charge in [-0.25, -0.2) is 0 Å². The highest BCUT2D eigenvalue weighted by molar-refractivity contribution is 6.37. The van der Waals surface area contributed by atoms with Gasteiger partial charge in [-0.1, -0.05) is 23.2 Å². The molecule has 2 aromatic rings. The minimum absolute atomic E-state index is 0.00784. The van der Waals surface area contributed by atoms with Crippen molar-refractivity contribution in [2.75, 3.05) is 11.9 Å². The molecule has 0 aliphatic rings. The number of halogens is 2. The van der Waals surface area contributed by atoms with Gasteiger partial charge in [-0.2, -0.15) is 5.26 Å². The second-order valence-corrected chi connectivity index (χ2v) is 6.66. The van der Waals surface area contributed by atoms with Gasteiger partial charge in [0.2, 0.25) is 5.91 Å². The number of nitriles is 1. The maximum absolute atomic E-state index is 11.9. The lowest BCUT2D eigenvalue weighted by atomic mass is 10.1. The molecule has 0 atom stereocenters. The number of hydrogen-bond acceptors (Lipinski definition) is 5. The second kappa shape index (κ2) is 9.78. The fourth-order valence-corrected chi connectivity index (χ4v) is 2.95. The number of ether oxygens (including phenoxy) is 1. The Morgan fingerprint density at radius 2 is 1.79 bits per heavy atom. The Hall–Kier alpha value is -3.28. The third kappa shape index (κ3) is 6.38. The summed E-state index contributed by atoms with van der Waals surface area (Å²) >= 11 is 12.3. The maximum atomic E-state index is 11.9. The molecule has 150 valence electrons. The van der Waals surface area contributed by atoms with E-state index in [1.165, 1.54) is 25.1 Å². The molecule has 29 heavy (non-hydrogen) atoms. The number of anilines is 1. The highest BCUT2D eigenvalue weighted by atomic mass is 35.5. The van der Waals surface area contributed by atoms with Crippen molar-refractivity contribution in [3.63, 3.8) is 0 Å². The number of carbonyl (C=O) groups is 3. The van der Waals surface area contributed by atoms with Gasteiger partial charge in [-0.15, -0.1) is 0 Å². The molecule has 3 N–H and O–H groups in total. The minimum Gasteiger partial charge on any atom is -0.486 e. The first-order valence-corrected chi connectivity index (χ1v) is 8.88. The molecule has 0 aromatic heterocycles. The second-order valence-electron chi connectivity index (χ2n) is 5.85. The van der Waals surface area contributed by atoms with Crippen molar-refractivity contribution in [1.82, 2.24) is 5.32 Å². The standard InChI is InChI=1S/C19H15Cl2N3O5/c1-10(25)24-14-3-11(7-22)2-12(4-14)9-29-18-15(20)5-13(6-16(18)21)19(28)23-8-17(26)27/h2-6H,8-9H2,1H3,(H,23,28)(H,24,25)(H,26,27). The van der Waals surface area contributed by atoms with Gasteiger partial charge in [0, 0.05) is 18.2 Å². The topological polar surface area (TPSA) is 129 Å². The molecule has 0 aliphatic carbocycles. The van der Waals surface area contributed by atoms with Crippen LogP contribution in [0, 0.1) is 11.3 Å². The lowest BCUT2D eigenvalue weighted by Gasteiger charge is -2.13. The molecule has 10 heteroatoms. The Bertz CT molecular complexity index is 994. The van der Waals surface area contributed by atoms with Crippen LogP contribution in [0.5, 0.6) is 5.75 Å². The van der Waals surface area contributed by atoms with Crippen LogP contribution in [-0.4, -0.2) is 29.4 Å². The van der Waals surface area contributed by atoms with E-state index in [1.807, 2.05) is 6.07 Å². The van der Waals surface area contributed by atoms with Gasteiger partial charge < -0.3 is 20.5 Å². The van der Waals surface area contributed by atoms with Crippen molar-refractivity contribution >= 4 is 46.7 Å². The van der Waals surface area contributed by atoms with Gasteiger partial charge in [-0.3, -0.25) is 14.4 Å². The molecular weight excluding hydrogens is 421 g/mol. The van der Waals surface area contributed by atoms with E-state index < -0.39 is 18.4 Å². The molecule has 0 spiro atoms. The summed E-state index contributed by atoms with van der Waals surface area (Å²) in [5.41, 5.74) is 1.44. The molecule has 2 aromatic carbocycles. The number of nitrogens with one attached hydrogen (secondary N) is 2. The SMILES string of the molecule is CC(=O)Nc1cc(C#N)cc(COc2c(Cl)cc(C(=O)NCC(=O)O)cc2Cl)c1. The number of aliphatic carboxylic acids is 1. The largest absolute Gasteiger partial charge is 0.486 e. The van der Waals surface area contributed by atoms with E-state index in [2.05, 4.69) is 10.6 Å². The van der Waals surface area contributed by atoms with Crippen molar-refractivity contribution in [3.8, 4) is 11.8 Å². The normalized spacial score (nSPS) is 10.0. The Labute approximate surface area is 176 Å². The summed E-state index contributed by atoms with van der Waals surface area (Å²) in [7, 11) is 0. The first-order chi connectivity index (χ1) is 13.7. The van der Waals surface area contributed by atoms with Crippen molar-refractivity contribution in [2.24, 2.45) is 0 Å². The van der Waals surface area contributed by atoms with Crippen LogP contribution in [0.3, 0.4) is 0 Å². The summed E-state index contributed by atoms with van der Waals surface area (Å²) in [6, 6.07) is 9.34. The summed E-state index contributed by atoms with van der Waals surface area (Å²) in [5, 5.41) is 22.7. The molecular formula is C19H15Cl2N3O5. The van der Waals surface area contributed by atoms with Crippen molar-refractivity contribution < 1.29 is 24.2 Å². The fraction of sp³-hybridized carbons (Fsp3) is 0.158. The molecule has 8 nitrogen and oxygen atoms in total. The van der Waals surface area contributed by atoms with E-state index in [9.17, 15) is 14.4 Å². The van der Waals surface area contributed by atoms with Crippen LogP contribution in [0.15, 0.2) is 30.3 Å². The number of carbonyl (C=O) groups excluding carboxylic acids is 2. The van der Waals surface area contributed by atoms with Crippen LogP contribution in [-0.2, 0) is 16.2 Å². The third-order valence-electron chi connectivity index (χ3n) is 3.49. The highest BCUT2D eigenvalue weighted by Gasteiger charge is 2.15. The van der Waals surface area contributed by atoms with Crippen molar-refractivity contribution in [2.45, 2.75) is 13.5 Å². The van der Waals surface area contributed by atoms with Gasteiger partial charge in [-0.05, 0) is 35.9 Å². The van der Waals surface area contributed by atoms with E-state index in [-0.39, 0.29) is 33.9 Å². The smallest absolute Gasteiger partial charge is 0.322 e. The molecule has 0 heterocycles. The number of nitrogens with zero attached hydrogens (tertiary/aromatic N) is 1. The zero-order valence-electron chi connectivity index (χ0n) is 15.1. The number of benzene rings is 2. The molecule has 2 rings (SSSR count). The van der Waals surface area contributed by atoms with Gasteiger partial charge >= 0.3 is 5.97 Å². The molecule has 0 aliphatic heterocycles. The first kappa shape index (κ1) is 22.0. The predicted molar refractivity (Wildman–Crippen MR) is 106 cm³/mol. The summed E-state index contributed by atoms with van der Waals surface area (Å²) in [4.78, 5) is 33.7. The van der Waals surface area contributed by atoms with Crippen LogP contribution in [0.25, 0.3) is 0 Å². The molecule has 0 bridgehead atoms. The summed E-state index contributed by atoms with van der Waals surface area (Å²) in [5.74, 6) is -2.00. The third-order valence-corrected chi connectivity index (χ3v) is 4.05. The van der Waals surface area contributed by atoms with Crippen molar-refractivity contribution in [3.05, 3.63) is 57.1 Å². The maximum Gasteiger partial charge on any atom is 0.322 e. The number of carboxylic acid groups (broad SMARTS) is 1. The zero-order chi connectivity index (χ0) is 21.6. The summed E-state index contributed by atoms with van der Waals surface area (Å²) in [6.07, 6.45) is 0. The van der Waals surface area contributed by atoms with Gasteiger partial charge in [0.25, 0.3) is 5.91 Å². The van der Waals surface area contributed by atoms with Gasteiger partial charge in [0.1, 0.15) is 13.2 Å². The van der Waals surface area contributed by atoms with E-state index in [0.29, 0.717) is 16.8 Å². The summed E-state index contributed by atoms with van der Waals surface area (Å²) < 4.78 is 5.63. The highest BCUT2D eigenvalue weighted by Crippen LogP contribution is 2.35. The van der Waals surface area contributed by atoms with E-state index in [1.54, 1.807) is 12.1 Å². The van der Waals surface area contributed by atoms with Crippen molar-refractivity contribution in [1.29, 1.82) is 5.26 Å². The molecule has 0 saturated heterocycles. The van der Waals surface area contributed by atoms with E-state index >= 15 is 0 Å². The Morgan fingerprint density at radius 3 is 2.34 bits per heavy atom. The Balaban J connectivity index is 2.19. The average Bonchev–Trinajstić information content (AvgIpc) is 2.64. The quantitative estimate of drug-likeness (QED) is 0.612. The van der Waals surface area contributed by atoms with Crippen LogP contribution in [0.4, 0.5) is 5.69 Å². The first-order valence-electron chi connectivity index (χ1n) is 8.13. The Morgan fingerprint density at radius 1 is 1.14 bits per heavy atom. The molecule has 0 fully saturated rings. The molecule has 2 amide bonds. The Kier molecular flexibility index (Phi) is 7.42. The predicted octanol–water partition coefficient (Wildman–Crippen LogP) is 3.22. The molecule has 0 saturated carbocycles. The monoisotopic (exact) mass is 435 g/mol. The average molecular weight is 436 g/mol. The lowest BCUT2D eigenvalue weighted by molar-refractivity contribution is -0.135. The zero-order valence-corrected chi connectivity index (χ0v) is 16.6. The van der Waals surface area contributed by atoms with Crippen LogP contribution < -0.4 is 15.4 Å². The number of hydrogen-bond donors (Lipinski definition) is 3. The number of amides is 2. The van der Waals surface area contributed by atoms with E-state index in [4.69, 9.17) is 38.3 Å². The van der Waals surface area contributed by atoms with Crippen LogP contribution in [0.1, 0.15) is 28.4 Å².